The molecule has 0 unspecified atom stereocenters. The number of likely N-dealkylation sites (N-methyl/N-ethyl adjacent to an activating group) is 1. The van der Waals surface area contributed by atoms with E-state index in [4.69, 9.17) is 17.0 Å². The number of thiocarbonyl (C=S) groups is 1. The summed E-state index contributed by atoms with van der Waals surface area (Å²) >= 11 is 6.27. The van der Waals surface area contributed by atoms with Crippen molar-refractivity contribution in [2.24, 2.45) is 0 Å². The van der Waals surface area contributed by atoms with Crippen LogP contribution < -0.4 is 4.74 Å². The van der Waals surface area contributed by atoms with Crippen LogP contribution in [0.15, 0.2) is 23.1 Å². The molecule has 1 heterocycles. The van der Waals surface area contributed by atoms with Gasteiger partial charge in [0, 0.05) is 12.6 Å². The fraction of sp³-hybridized carbons (Fsp3) is 0.231. The average Bonchev–Trinajstić information content (AvgIpc) is 2.62. The van der Waals surface area contributed by atoms with Gasteiger partial charge in [0.1, 0.15) is 4.32 Å². The highest BCUT2D eigenvalue weighted by Gasteiger charge is 2.28. The van der Waals surface area contributed by atoms with E-state index in [0.29, 0.717) is 27.1 Å². The molecule has 19 heavy (non-hydrogen) atoms. The van der Waals surface area contributed by atoms with Crippen molar-refractivity contribution in [2.45, 2.75) is 6.92 Å². The molecule has 1 saturated heterocycles. The van der Waals surface area contributed by atoms with E-state index < -0.39 is 0 Å². The third-order valence-corrected chi connectivity index (χ3v) is 4.09. The molecule has 4 nitrogen and oxygen atoms in total. The van der Waals surface area contributed by atoms with Crippen LogP contribution in [0.2, 0.25) is 0 Å². The monoisotopic (exact) mass is 295 g/mol. The van der Waals surface area contributed by atoms with Crippen molar-refractivity contribution in [2.75, 3.05) is 13.7 Å². The highest BCUT2D eigenvalue weighted by molar-refractivity contribution is 8.26. The lowest BCUT2D eigenvalue weighted by Gasteiger charge is -2.08. The molecule has 2 rings (SSSR count). The molecule has 1 amide bonds. The molecular formula is C13H13NO3S2. The molecule has 1 fully saturated rings. The molecule has 1 aromatic rings. The second-order valence-electron chi connectivity index (χ2n) is 3.87. The minimum Gasteiger partial charge on any atom is -0.504 e. The summed E-state index contributed by atoms with van der Waals surface area (Å²) in [6.07, 6.45) is 1.63. The minimum absolute atomic E-state index is 0.0331. The normalized spacial score (nSPS) is 17.4. The molecule has 1 aliphatic heterocycles. The molecule has 0 saturated carbocycles. The maximum Gasteiger partial charge on any atom is 0.265 e. The summed E-state index contributed by atoms with van der Waals surface area (Å²) in [6.45, 7) is 2.31. The second kappa shape index (κ2) is 5.63. The van der Waals surface area contributed by atoms with Crippen LogP contribution in [0.25, 0.3) is 6.08 Å². The largest absolute Gasteiger partial charge is 0.504 e. The molecule has 1 N–H and O–H groups in total. The van der Waals surface area contributed by atoms with Crippen LogP contribution in [0.1, 0.15) is 12.5 Å². The molecule has 0 spiro atoms. The Hall–Kier alpha value is -1.53. The van der Waals surface area contributed by atoms with Crippen molar-refractivity contribution < 1.29 is 14.6 Å². The van der Waals surface area contributed by atoms with Crippen LogP contribution in [0.5, 0.6) is 11.5 Å². The zero-order valence-corrected chi connectivity index (χ0v) is 12.2. The van der Waals surface area contributed by atoms with Crippen LogP contribution in [0.4, 0.5) is 0 Å². The molecule has 0 atom stereocenters. The fourth-order valence-corrected chi connectivity index (χ4v) is 2.78. The Balaban J connectivity index is 2.36. The quantitative estimate of drug-likeness (QED) is 0.686. The number of phenols is 1. The van der Waals surface area contributed by atoms with Crippen molar-refractivity contribution >= 4 is 40.3 Å². The number of hydrogen-bond donors (Lipinski definition) is 1. The Kier molecular flexibility index (Phi) is 4.11. The lowest BCUT2D eigenvalue weighted by atomic mass is 10.1. The standard InChI is InChI=1S/C13H13NO3S2/c1-3-17-9-6-4-5-8(11(9)15)7-10-12(16)14(2)13(18)19-10/h4-7,15H,3H2,1-2H3/b10-7+. The maximum absolute atomic E-state index is 11.9. The minimum atomic E-state index is -0.156. The number of phenolic OH excluding ortho intramolecular Hbond substituents is 1. The highest BCUT2D eigenvalue weighted by Crippen LogP contribution is 2.36. The van der Waals surface area contributed by atoms with Crippen molar-refractivity contribution in [3.05, 3.63) is 28.7 Å². The first-order valence-corrected chi connectivity index (χ1v) is 6.93. The van der Waals surface area contributed by atoms with Crippen LogP contribution in [-0.4, -0.2) is 33.9 Å². The molecular weight excluding hydrogens is 282 g/mol. The van der Waals surface area contributed by atoms with Crippen molar-refractivity contribution in [1.29, 1.82) is 0 Å². The molecule has 0 bridgehead atoms. The first-order valence-electron chi connectivity index (χ1n) is 5.71. The van der Waals surface area contributed by atoms with Crippen LogP contribution in [0, 0.1) is 0 Å². The molecule has 6 heteroatoms. The van der Waals surface area contributed by atoms with Crippen LogP contribution >= 0.6 is 24.0 Å². The number of carbonyl (C=O) groups excluding carboxylic acids is 1. The summed E-state index contributed by atoms with van der Waals surface area (Å²) in [5.74, 6) is 0.283. The molecule has 100 valence electrons. The van der Waals surface area contributed by atoms with Gasteiger partial charge in [0.2, 0.25) is 0 Å². The van der Waals surface area contributed by atoms with Gasteiger partial charge >= 0.3 is 0 Å². The summed E-state index contributed by atoms with van der Waals surface area (Å²) in [4.78, 5) is 13.8. The third-order valence-electron chi connectivity index (χ3n) is 2.60. The van der Waals surface area contributed by atoms with Gasteiger partial charge in [0.05, 0.1) is 11.5 Å². The van der Waals surface area contributed by atoms with Crippen molar-refractivity contribution in [3.8, 4) is 11.5 Å². The number of hydrogen-bond acceptors (Lipinski definition) is 5. The Bertz CT molecular complexity index is 569. The average molecular weight is 295 g/mol. The number of amides is 1. The van der Waals surface area contributed by atoms with E-state index in [1.165, 1.54) is 16.7 Å². The van der Waals surface area contributed by atoms with Crippen LogP contribution in [0.3, 0.4) is 0 Å². The lowest BCUT2D eigenvalue weighted by molar-refractivity contribution is -0.121. The lowest BCUT2D eigenvalue weighted by Crippen LogP contribution is -2.22. The Morgan fingerprint density at radius 3 is 2.84 bits per heavy atom. The summed E-state index contributed by atoms with van der Waals surface area (Å²) in [5.41, 5.74) is 0.542. The predicted octanol–water partition coefficient (Wildman–Crippen LogP) is 2.62. The number of ether oxygens (including phenoxy) is 1. The van der Waals surface area contributed by atoms with Gasteiger partial charge in [-0.25, -0.2) is 0 Å². The Morgan fingerprint density at radius 1 is 1.53 bits per heavy atom. The van der Waals surface area contributed by atoms with Gasteiger partial charge in [-0.1, -0.05) is 36.1 Å². The first kappa shape index (κ1) is 13.9. The summed E-state index contributed by atoms with van der Waals surface area (Å²) in [6, 6.07) is 5.17. The molecule has 1 aromatic carbocycles. The molecule has 0 radical (unpaired) electrons. The van der Waals surface area contributed by atoms with Crippen molar-refractivity contribution in [3.63, 3.8) is 0 Å². The Morgan fingerprint density at radius 2 is 2.26 bits per heavy atom. The Labute approximate surface area is 121 Å². The zero-order valence-electron chi connectivity index (χ0n) is 10.5. The second-order valence-corrected chi connectivity index (χ2v) is 5.54. The van der Waals surface area contributed by atoms with E-state index in [2.05, 4.69) is 0 Å². The van der Waals surface area contributed by atoms with Gasteiger partial charge in [-0.05, 0) is 19.1 Å². The SMILES string of the molecule is CCOc1cccc(/C=C2/SC(=S)N(C)C2=O)c1O. The van der Waals surface area contributed by atoms with E-state index in [9.17, 15) is 9.90 Å². The van der Waals surface area contributed by atoms with Gasteiger partial charge in [-0.2, -0.15) is 0 Å². The molecule has 0 aromatic heterocycles. The highest BCUT2D eigenvalue weighted by atomic mass is 32.2. The van der Waals surface area contributed by atoms with E-state index in [0.717, 1.165) is 0 Å². The summed E-state index contributed by atoms with van der Waals surface area (Å²) in [5, 5.41) is 10.1. The van der Waals surface area contributed by atoms with E-state index in [-0.39, 0.29) is 11.7 Å². The van der Waals surface area contributed by atoms with Gasteiger partial charge < -0.3 is 9.84 Å². The number of rotatable bonds is 3. The van der Waals surface area contributed by atoms with Gasteiger partial charge in [-0.3, -0.25) is 9.69 Å². The van der Waals surface area contributed by atoms with E-state index in [1.54, 1.807) is 31.3 Å². The zero-order chi connectivity index (χ0) is 14.0. The summed E-state index contributed by atoms with van der Waals surface area (Å²) in [7, 11) is 1.63. The maximum atomic E-state index is 11.9. The van der Waals surface area contributed by atoms with Gasteiger partial charge in [0.25, 0.3) is 5.91 Å². The smallest absolute Gasteiger partial charge is 0.265 e. The molecule has 0 aliphatic carbocycles. The fourth-order valence-electron chi connectivity index (χ4n) is 1.61. The first-order chi connectivity index (χ1) is 9.04. The van der Waals surface area contributed by atoms with Crippen molar-refractivity contribution in [1.82, 2.24) is 4.90 Å². The number of carbonyl (C=O) groups is 1. The third kappa shape index (κ3) is 2.74. The number of nitrogens with zero attached hydrogens (tertiary/aromatic N) is 1. The number of thioether (sulfide) groups is 1. The number of aromatic hydroxyl groups is 1. The van der Waals surface area contributed by atoms with E-state index in [1.807, 2.05) is 6.92 Å². The van der Waals surface area contributed by atoms with Gasteiger partial charge in [0.15, 0.2) is 11.5 Å². The van der Waals surface area contributed by atoms with Crippen LogP contribution in [-0.2, 0) is 4.79 Å². The topological polar surface area (TPSA) is 49.8 Å². The van der Waals surface area contributed by atoms with Gasteiger partial charge in [-0.15, -0.1) is 0 Å². The number of para-hydroxylation sites is 1. The predicted molar refractivity (Wildman–Crippen MR) is 80.2 cm³/mol. The van der Waals surface area contributed by atoms with E-state index >= 15 is 0 Å². The molecule has 1 aliphatic rings. The number of benzene rings is 1. The summed E-state index contributed by atoms with van der Waals surface area (Å²) < 4.78 is 5.81.